The summed E-state index contributed by atoms with van der Waals surface area (Å²) in [6, 6.07) is 7.86. The van der Waals surface area contributed by atoms with Gasteiger partial charge in [-0.1, -0.05) is 51.1 Å². The summed E-state index contributed by atoms with van der Waals surface area (Å²) < 4.78 is 82.9. The average molecular weight is 654 g/mol. The van der Waals surface area contributed by atoms with Crippen LogP contribution in [0.4, 0.5) is 26.3 Å². The van der Waals surface area contributed by atoms with Gasteiger partial charge in [0.15, 0.2) is 5.92 Å². The van der Waals surface area contributed by atoms with Crippen molar-refractivity contribution in [1.82, 2.24) is 15.2 Å². The van der Waals surface area contributed by atoms with E-state index < -0.39 is 72.5 Å². The number of carbonyl (C=O) groups excluding carboxylic acids is 3. The molecule has 2 N–H and O–H groups in total. The molecule has 1 aromatic heterocycles. The van der Waals surface area contributed by atoms with Crippen LogP contribution < -0.4 is 5.32 Å². The molecular weight excluding hydrogens is 616 g/mol. The van der Waals surface area contributed by atoms with Gasteiger partial charge in [-0.25, -0.2) is 4.98 Å². The second-order valence-corrected chi connectivity index (χ2v) is 11.9. The summed E-state index contributed by atoms with van der Waals surface area (Å²) in [5.41, 5.74) is 0.885. The molecule has 2 aromatic rings. The third-order valence-corrected chi connectivity index (χ3v) is 8.18. The molecule has 0 bridgehead atoms. The van der Waals surface area contributed by atoms with Crippen LogP contribution in [0.3, 0.4) is 0 Å². The third-order valence-electron chi connectivity index (χ3n) is 7.24. The lowest BCUT2D eigenvalue weighted by Crippen LogP contribution is -2.45. The molecular formula is C29H37F6N3O5S. The Labute approximate surface area is 255 Å². The highest BCUT2D eigenvalue weighted by Gasteiger charge is 2.57. The van der Waals surface area contributed by atoms with E-state index in [-0.39, 0.29) is 23.5 Å². The molecule has 2 rings (SSSR count). The molecule has 0 aliphatic rings. The first kappa shape index (κ1) is 37.0. The number of hydrogen-bond acceptors (Lipinski definition) is 7. The lowest BCUT2D eigenvalue weighted by atomic mass is 9.95. The van der Waals surface area contributed by atoms with Gasteiger partial charge in [0.05, 0.1) is 13.0 Å². The van der Waals surface area contributed by atoms with Gasteiger partial charge < -0.3 is 20.1 Å². The fourth-order valence-corrected chi connectivity index (χ4v) is 5.54. The van der Waals surface area contributed by atoms with Gasteiger partial charge in [-0.3, -0.25) is 14.4 Å². The van der Waals surface area contributed by atoms with E-state index >= 15 is 0 Å². The van der Waals surface area contributed by atoms with Gasteiger partial charge in [0.2, 0.25) is 5.91 Å². The summed E-state index contributed by atoms with van der Waals surface area (Å²) >= 11 is 0.934. The summed E-state index contributed by atoms with van der Waals surface area (Å²) in [5.74, 6) is -7.17. The van der Waals surface area contributed by atoms with Crippen molar-refractivity contribution in [3.63, 3.8) is 0 Å². The van der Waals surface area contributed by atoms with E-state index in [0.717, 1.165) is 28.8 Å². The fraction of sp³-hybridized carbons (Fsp3) is 0.586. The molecule has 0 fully saturated rings. The second-order valence-electron chi connectivity index (χ2n) is 11.0. The van der Waals surface area contributed by atoms with Gasteiger partial charge in [-0.05, 0) is 24.3 Å². The van der Waals surface area contributed by atoms with E-state index in [9.17, 15) is 45.8 Å². The number of carbonyl (C=O) groups is 3. The summed E-state index contributed by atoms with van der Waals surface area (Å²) in [5, 5.41) is 15.2. The number of nitrogens with one attached hydrogen (secondary N) is 1. The molecule has 0 radical (unpaired) electrons. The molecule has 0 saturated carbocycles. The first-order chi connectivity index (χ1) is 20.3. The van der Waals surface area contributed by atoms with Crippen LogP contribution in [0.1, 0.15) is 67.2 Å². The lowest BCUT2D eigenvalue weighted by molar-refractivity contribution is -0.284. The van der Waals surface area contributed by atoms with Gasteiger partial charge >= 0.3 is 18.3 Å². The quantitative estimate of drug-likeness (QED) is 0.200. The van der Waals surface area contributed by atoms with Crippen molar-refractivity contribution in [2.75, 3.05) is 14.2 Å². The van der Waals surface area contributed by atoms with Gasteiger partial charge in [0, 0.05) is 37.4 Å². The predicted molar refractivity (Wildman–Crippen MR) is 151 cm³/mol. The minimum Gasteiger partial charge on any atom is -0.469 e. The van der Waals surface area contributed by atoms with Gasteiger partial charge in [0.25, 0.3) is 5.91 Å². The topological polar surface area (TPSA) is 109 Å². The number of benzene rings is 1. The van der Waals surface area contributed by atoms with Crippen molar-refractivity contribution < 1.29 is 50.6 Å². The van der Waals surface area contributed by atoms with E-state index in [1.807, 2.05) is 30.3 Å². The van der Waals surface area contributed by atoms with Gasteiger partial charge in [-0.15, -0.1) is 11.3 Å². The van der Waals surface area contributed by atoms with Crippen LogP contribution in [0.2, 0.25) is 0 Å². The minimum atomic E-state index is -5.66. The van der Waals surface area contributed by atoms with Gasteiger partial charge in [-0.2, -0.15) is 26.3 Å². The number of hydrogen-bond donors (Lipinski definition) is 2. The molecule has 246 valence electrons. The number of esters is 1. The smallest absolute Gasteiger partial charge is 0.400 e. The predicted octanol–water partition coefficient (Wildman–Crippen LogP) is 5.72. The maximum Gasteiger partial charge on any atom is 0.400 e. The lowest BCUT2D eigenvalue weighted by Gasteiger charge is -2.34. The monoisotopic (exact) mass is 653 g/mol. The maximum absolute atomic E-state index is 13.1. The average Bonchev–Trinajstić information content (AvgIpc) is 3.43. The highest BCUT2D eigenvalue weighted by molar-refractivity contribution is 7.09. The third kappa shape index (κ3) is 10.8. The number of halogens is 6. The van der Waals surface area contributed by atoms with Crippen molar-refractivity contribution in [1.29, 1.82) is 0 Å². The van der Waals surface area contributed by atoms with Crippen molar-refractivity contribution in [3.8, 4) is 0 Å². The molecule has 0 saturated heterocycles. The summed E-state index contributed by atoms with van der Waals surface area (Å²) in [4.78, 5) is 42.6. The molecule has 4 atom stereocenters. The van der Waals surface area contributed by atoms with Crippen LogP contribution in [0, 0.1) is 17.8 Å². The zero-order valence-corrected chi connectivity index (χ0v) is 25.7. The van der Waals surface area contributed by atoms with Crippen LogP contribution in [0.15, 0.2) is 35.7 Å². The first-order valence-electron chi connectivity index (χ1n) is 13.8. The molecule has 0 aliphatic heterocycles. The Balaban J connectivity index is 2.15. The molecule has 2 amide bonds. The molecule has 8 nitrogen and oxygen atoms in total. The largest absolute Gasteiger partial charge is 0.469 e. The Kier molecular flexibility index (Phi) is 13.2. The molecule has 15 heteroatoms. The summed E-state index contributed by atoms with van der Waals surface area (Å²) in [6.45, 7) is 4.89. The molecule has 44 heavy (non-hydrogen) atoms. The number of aliphatic hydroxyl groups excluding tert-OH is 1. The highest BCUT2D eigenvalue weighted by atomic mass is 32.1. The fourth-order valence-electron chi connectivity index (χ4n) is 4.75. The molecule has 4 unspecified atom stereocenters. The number of aromatic nitrogens is 1. The van der Waals surface area contributed by atoms with Crippen molar-refractivity contribution in [3.05, 3.63) is 52.0 Å². The van der Waals surface area contributed by atoms with Crippen molar-refractivity contribution >= 4 is 29.1 Å². The SMILES string of the molecule is COC(=O)C(C)CC(Cc1ccccc1)NC(=O)c1csc(C(O)CC(C(C)C)N(C)C(=O)CC(C(F)(F)F)C(F)(F)F)n1. The zero-order chi connectivity index (χ0) is 33.4. The molecule has 1 aromatic carbocycles. The van der Waals surface area contributed by atoms with E-state index in [1.54, 1.807) is 20.8 Å². The van der Waals surface area contributed by atoms with E-state index in [1.165, 1.54) is 12.5 Å². The standard InChI is InChI=1S/C29H37F6N3O5S/c1-16(2)21(38(4)24(40)14-23(28(30,31)32)29(33,34)35)13-22(39)26-37-20(15-44-26)25(41)36-19(11-17(3)27(42)43-5)12-18-9-7-6-8-10-18/h6-10,15-17,19,21-23,39H,11-14H2,1-5H3,(H,36,41). The second kappa shape index (κ2) is 15.7. The van der Waals surface area contributed by atoms with Crippen LogP contribution >= 0.6 is 11.3 Å². The normalized spacial score (nSPS) is 15.0. The summed E-state index contributed by atoms with van der Waals surface area (Å²) in [7, 11) is 2.36. The molecule has 0 spiro atoms. The van der Waals surface area contributed by atoms with Crippen LogP contribution in [0.25, 0.3) is 0 Å². The number of thiazole rings is 1. The van der Waals surface area contributed by atoms with Gasteiger partial charge in [0.1, 0.15) is 16.8 Å². The Hall–Kier alpha value is -3.20. The Morgan fingerprint density at radius 2 is 1.61 bits per heavy atom. The van der Waals surface area contributed by atoms with Crippen molar-refractivity contribution in [2.45, 2.75) is 77.0 Å². The van der Waals surface area contributed by atoms with Crippen LogP contribution in [-0.2, 0) is 20.7 Å². The van der Waals surface area contributed by atoms with E-state index in [4.69, 9.17) is 4.74 Å². The number of alkyl halides is 6. The molecule has 0 aliphatic carbocycles. The number of rotatable bonds is 14. The van der Waals surface area contributed by atoms with Crippen LogP contribution in [-0.4, -0.2) is 71.4 Å². The summed E-state index contributed by atoms with van der Waals surface area (Å²) in [6.07, 6.45) is -14.1. The number of nitrogens with zero attached hydrogens (tertiary/aromatic N) is 2. The molecule has 1 heterocycles. The van der Waals surface area contributed by atoms with Crippen LogP contribution in [0.5, 0.6) is 0 Å². The zero-order valence-electron chi connectivity index (χ0n) is 24.9. The number of methoxy groups -OCH3 is 1. The Bertz CT molecular complexity index is 1220. The highest BCUT2D eigenvalue weighted by Crippen LogP contribution is 2.42. The van der Waals surface area contributed by atoms with E-state index in [0.29, 0.717) is 6.42 Å². The minimum absolute atomic E-state index is 0.0310. The first-order valence-corrected chi connectivity index (χ1v) is 14.7. The number of aliphatic hydroxyl groups is 1. The number of ether oxygens (including phenoxy) is 1. The maximum atomic E-state index is 13.1. The Morgan fingerprint density at radius 3 is 2.14 bits per heavy atom. The van der Waals surface area contributed by atoms with Crippen molar-refractivity contribution in [2.24, 2.45) is 17.8 Å². The number of amides is 2. The van der Waals surface area contributed by atoms with E-state index in [2.05, 4.69) is 10.3 Å². The Morgan fingerprint density at radius 1 is 1.02 bits per heavy atom.